The Bertz CT molecular complexity index is 510. The minimum atomic E-state index is -0.966. The van der Waals surface area contributed by atoms with E-state index in [9.17, 15) is 4.79 Å². The number of nitrogens with one attached hydrogen (secondary N) is 1. The average molecular weight is 265 g/mol. The largest absolute Gasteiger partial charge is 0.409 e. The second-order valence-corrected chi connectivity index (χ2v) is 4.65. The maximum Gasteiger partial charge on any atom is 0.256 e. The summed E-state index contributed by atoms with van der Waals surface area (Å²) >= 11 is 0. The molecule has 1 aromatic rings. The monoisotopic (exact) mass is 265 g/mol. The van der Waals surface area contributed by atoms with E-state index < -0.39 is 5.60 Å². The Hall–Kier alpha value is -2.08. The van der Waals surface area contributed by atoms with Gasteiger partial charge in [-0.2, -0.15) is 0 Å². The number of rotatable bonds is 4. The predicted molar refractivity (Wildman–Crippen MR) is 73.4 cm³/mol. The predicted octanol–water partition coefficient (Wildman–Crippen LogP) is 1.45. The minimum absolute atomic E-state index is 0.0522. The number of nitrogens with two attached hydrogens (primary N) is 1. The van der Waals surface area contributed by atoms with Gasteiger partial charge in [0.15, 0.2) is 5.84 Å². The van der Waals surface area contributed by atoms with Gasteiger partial charge in [0.05, 0.1) is 5.69 Å². The number of hydrogen-bond acceptors (Lipinski definition) is 4. The summed E-state index contributed by atoms with van der Waals surface area (Å²) in [5, 5.41) is 14.5. The standard InChI is InChI=1S/C13H19N3O3/c1-8-6-5-7-9(10(8)11(14)16-18)15-12(17)13(2,3)19-4/h5-7,18H,1-4H3,(H2,14,16)(H,15,17). The summed E-state index contributed by atoms with van der Waals surface area (Å²) in [6.45, 7) is 5.12. The molecule has 0 radical (unpaired) electrons. The van der Waals surface area contributed by atoms with E-state index in [1.54, 1.807) is 26.0 Å². The van der Waals surface area contributed by atoms with E-state index in [1.165, 1.54) is 7.11 Å². The van der Waals surface area contributed by atoms with Crippen LogP contribution in [-0.4, -0.2) is 29.7 Å². The number of oxime groups is 1. The van der Waals surface area contributed by atoms with Crippen LogP contribution in [0.4, 0.5) is 5.69 Å². The van der Waals surface area contributed by atoms with Gasteiger partial charge in [0.2, 0.25) is 0 Å². The van der Waals surface area contributed by atoms with Gasteiger partial charge in [-0.25, -0.2) is 0 Å². The van der Waals surface area contributed by atoms with Crippen LogP contribution >= 0.6 is 0 Å². The molecular weight excluding hydrogens is 246 g/mol. The normalized spacial score (nSPS) is 12.3. The Labute approximate surface area is 112 Å². The van der Waals surface area contributed by atoms with Crippen molar-refractivity contribution in [1.82, 2.24) is 0 Å². The number of nitrogens with zero attached hydrogens (tertiary/aromatic N) is 1. The molecule has 0 heterocycles. The van der Waals surface area contributed by atoms with Gasteiger partial charge in [-0.3, -0.25) is 4.79 Å². The van der Waals surface area contributed by atoms with E-state index in [-0.39, 0.29) is 11.7 Å². The number of aryl methyl sites for hydroxylation is 1. The molecule has 0 fully saturated rings. The molecule has 0 bridgehead atoms. The van der Waals surface area contributed by atoms with Gasteiger partial charge in [-0.05, 0) is 32.4 Å². The van der Waals surface area contributed by atoms with Crippen molar-refractivity contribution in [2.24, 2.45) is 10.9 Å². The quantitative estimate of drug-likeness (QED) is 0.332. The molecule has 1 rings (SSSR count). The van der Waals surface area contributed by atoms with Gasteiger partial charge in [0.1, 0.15) is 5.60 Å². The first kappa shape index (κ1) is 15.0. The summed E-state index contributed by atoms with van der Waals surface area (Å²) in [7, 11) is 1.46. The molecule has 0 aliphatic heterocycles. The Kier molecular flexibility index (Phi) is 4.50. The van der Waals surface area contributed by atoms with Crippen LogP contribution in [-0.2, 0) is 9.53 Å². The van der Waals surface area contributed by atoms with Crippen molar-refractivity contribution in [2.75, 3.05) is 12.4 Å². The van der Waals surface area contributed by atoms with Crippen molar-refractivity contribution in [3.63, 3.8) is 0 Å². The third-order valence-electron chi connectivity index (χ3n) is 2.94. The highest BCUT2D eigenvalue weighted by molar-refractivity contribution is 6.07. The SMILES string of the molecule is COC(C)(C)C(=O)Nc1cccc(C)c1/C(N)=N/O. The van der Waals surface area contributed by atoms with Crippen LogP contribution in [0.3, 0.4) is 0 Å². The lowest BCUT2D eigenvalue weighted by Gasteiger charge is -2.23. The van der Waals surface area contributed by atoms with E-state index in [2.05, 4.69) is 10.5 Å². The van der Waals surface area contributed by atoms with Gasteiger partial charge in [0, 0.05) is 12.7 Å². The Morgan fingerprint density at radius 1 is 1.47 bits per heavy atom. The summed E-state index contributed by atoms with van der Waals surface area (Å²) in [4.78, 5) is 12.1. The molecule has 0 aliphatic rings. The average Bonchev–Trinajstić information content (AvgIpc) is 2.38. The maximum atomic E-state index is 12.1. The first-order valence-electron chi connectivity index (χ1n) is 5.77. The number of anilines is 1. The Balaban J connectivity index is 3.16. The lowest BCUT2D eigenvalue weighted by Crippen LogP contribution is -2.39. The van der Waals surface area contributed by atoms with Crippen molar-refractivity contribution < 1.29 is 14.7 Å². The molecule has 0 unspecified atom stereocenters. The van der Waals surface area contributed by atoms with E-state index in [1.807, 2.05) is 13.0 Å². The molecular formula is C13H19N3O3. The molecule has 0 spiro atoms. The highest BCUT2D eigenvalue weighted by atomic mass is 16.5. The van der Waals surface area contributed by atoms with Crippen LogP contribution in [0.1, 0.15) is 25.0 Å². The molecule has 6 heteroatoms. The summed E-state index contributed by atoms with van der Waals surface area (Å²) < 4.78 is 5.11. The fourth-order valence-electron chi connectivity index (χ4n) is 1.53. The first-order chi connectivity index (χ1) is 8.83. The molecule has 0 aliphatic carbocycles. The molecule has 0 atom stereocenters. The van der Waals surface area contributed by atoms with Crippen LogP contribution in [0.15, 0.2) is 23.4 Å². The number of hydrogen-bond donors (Lipinski definition) is 3. The summed E-state index contributed by atoms with van der Waals surface area (Å²) in [5.41, 5.74) is 6.43. The number of amidine groups is 1. The number of carbonyl (C=O) groups excluding carboxylic acids is 1. The Morgan fingerprint density at radius 2 is 2.11 bits per heavy atom. The maximum absolute atomic E-state index is 12.1. The van der Waals surface area contributed by atoms with Gasteiger partial charge in [-0.15, -0.1) is 0 Å². The van der Waals surface area contributed by atoms with Gasteiger partial charge < -0.3 is 21.0 Å². The van der Waals surface area contributed by atoms with Crippen LogP contribution < -0.4 is 11.1 Å². The molecule has 0 saturated carbocycles. The van der Waals surface area contributed by atoms with E-state index in [0.717, 1.165) is 5.56 Å². The van der Waals surface area contributed by atoms with Crippen molar-refractivity contribution in [1.29, 1.82) is 0 Å². The third kappa shape index (κ3) is 3.23. The fraction of sp³-hybridized carbons (Fsp3) is 0.385. The molecule has 6 nitrogen and oxygen atoms in total. The summed E-state index contributed by atoms with van der Waals surface area (Å²) in [6.07, 6.45) is 0. The molecule has 0 saturated heterocycles. The summed E-state index contributed by atoms with van der Waals surface area (Å²) in [6, 6.07) is 5.27. The molecule has 1 amide bonds. The van der Waals surface area contributed by atoms with Crippen molar-refractivity contribution in [3.8, 4) is 0 Å². The second-order valence-electron chi connectivity index (χ2n) is 4.65. The number of benzene rings is 1. The lowest BCUT2D eigenvalue weighted by atomic mass is 10.0. The highest BCUT2D eigenvalue weighted by Crippen LogP contribution is 2.21. The van der Waals surface area contributed by atoms with Crippen LogP contribution in [0.5, 0.6) is 0 Å². The van der Waals surface area contributed by atoms with Gasteiger partial charge in [0.25, 0.3) is 5.91 Å². The fourth-order valence-corrected chi connectivity index (χ4v) is 1.53. The number of methoxy groups -OCH3 is 1. The second kappa shape index (κ2) is 5.71. The minimum Gasteiger partial charge on any atom is -0.409 e. The van der Waals surface area contributed by atoms with Crippen LogP contribution in [0.2, 0.25) is 0 Å². The zero-order chi connectivity index (χ0) is 14.6. The molecule has 19 heavy (non-hydrogen) atoms. The van der Waals surface area contributed by atoms with Crippen molar-refractivity contribution >= 4 is 17.4 Å². The zero-order valence-corrected chi connectivity index (χ0v) is 11.5. The smallest absolute Gasteiger partial charge is 0.256 e. The zero-order valence-electron chi connectivity index (χ0n) is 11.5. The van der Waals surface area contributed by atoms with E-state index in [0.29, 0.717) is 11.3 Å². The van der Waals surface area contributed by atoms with E-state index >= 15 is 0 Å². The number of ether oxygens (including phenoxy) is 1. The first-order valence-corrected chi connectivity index (χ1v) is 5.77. The topological polar surface area (TPSA) is 96.9 Å². The van der Waals surface area contributed by atoms with Gasteiger partial charge in [-0.1, -0.05) is 17.3 Å². The number of carbonyl (C=O) groups is 1. The summed E-state index contributed by atoms with van der Waals surface area (Å²) in [5.74, 6) is -0.365. The van der Waals surface area contributed by atoms with Crippen molar-refractivity contribution in [3.05, 3.63) is 29.3 Å². The van der Waals surface area contributed by atoms with E-state index in [4.69, 9.17) is 15.7 Å². The van der Waals surface area contributed by atoms with Crippen LogP contribution in [0, 0.1) is 6.92 Å². The highest BCUT2D eigenvalue weighted by Gasteiger charge is 2.28. The van der Waals surface area contributed by atoms with Gasteiger partial charge >= 0.3 is 0 Å². The molecule has 104 valence electrons. The lowest BCUT2D eigenvalue weighted by molar-refractivity contribution is -0.133. The Morgan fingerprint density at radius 3 is 2.63 bits per heavy atom. The van der Waals surface area contributed by atoms with Crippen LogP contribution in [0.25, 0.3) is 0 Å². The molecule has 4 N–H and O–H groups in total. The number of amides is 1. The van der Waals surface area contributed by atoms with Crippen molar-refractivity contribution in [2.45, 2.75) is 26.4 Å². The third-order valence-corrected chi connectivity index (χ3v) is 2.94. The molecule has 1 aromatic carbocycles. The molecule has 0 aromatic heterocycles.